The minimum atomic E-state index is -0.103. The molecule has 1 unspecified atom stereocenters. The van der Waals surface area contributed by atoms with Crippen molar-refractivity contribution >= 4 is 11.7 Å². The van der Waals surface area contributed by atoms with Crippen LogP contribution < -0.4 is 10.2 Å². The first kappa shape index (κ1) is 15.9. The summed E-state index contributed by atoms with van der Waals surface area (Å²) in [5.74, 6) is 1.38. The third kappa shape index (κ3) is 3.03. The molecule has 1 aromatic carbocycles. The number of carbonyl (C=O) groups is 1. The second-order valence-electron chi connectivity index (χ2n) is 6.94. The van der Waals surface area contributed by atoms with Crippen molar-refractivity contribution in [3.8, 4) is 6.07 Å². The number of rotatable bonds is 4. The summed E-state index contributed by atoms with van der Waals surface area (Å²) >= 11 is 0. The minimum absolute atomic E-state index is 0.103. The van der Waals surface area contributed by atoms with Crippen LogP contribution in [0.25, 0.3) is 0 Å². The van der Waals surface area contributed by atoms with E-state index in [9.17, 15) is 4.79 Å². The second kappa shape index (κ2) is 6.34. The molecule has 1 aliphatic heterocycles. The average Bonchev–Trinajstić information content (AvgIpc) is 3.17. The highest BCUT2D eigenvalue weighted by atomic mass is 16.2. The monoisotopic (exact) mass is 335 g/mol. The molecular formula is C19H21N5O. The number of amides is 1. The van der Waals surface area contributed by atoms with Crippen molar-refractivity contribution in [2.45, 2.75) is 37.3 Å². The Labute approximate surface area is 147 Å². The third-order valence-corrected chi connectivity index (χ3v) is 5.27. The Morgan fingerprint density at radius 2 is 2.00 bits per heavy atom. The van der Waals surface area contributed by atoms with Gasteiger partial charge in [-0.3, -0.25) is 14.4 Å². The fourth-order valence-corrected chi connectivity index (χ4v) is 3.75. The summed E-state index contributed by atoms with van der Waals surface area (Å²) in [7, 11) is 1.86. The highest BCUT2D eigenvalue weighted by Crippen LogP contribution is 2.37. The van der Waals surface area contributed by atoms with Gasteiger partial charge < -0.3 is 5.32 Å². The molecule has 128 valence electrons. The van der Waals surface area contributed by atoms with Crippen LogP contribution in [-0.2, 0) is 11.8 Å². The van der Waals surface area contributed by atoms with Gasteiger partial charge in [-0.15, -0.1) is 0 Å². The first-order chi connectivity index (χ1) is 12.1. The van der Waals surface area contributed by atoms with Gasteiger partial charge >= 0.3 is 0 Å². The zero-order valence-corrected chi connectivity index (χ0v) is 14.2. The van der Waals surface area contributed by atoms with Gasteiger partial charge in [0.2, 0.25) is 5.91 Å². The molecular weight excluding hydrogens is 314 g/mol. The maximum absolute atomic E-state index is 12.6. The molecule has 6 nitrogen and oxygen atoms in total. The van der Waals surface area contributed by atoms with Gasteiger partial charge in [0, 0.05) is 31.9 Å². The maximum Gasteiger partial charge on any atom is 0.245 e. The smallest absolute Gasteiger partial charge is 0.245 e. The lowest BCUT2D eigenvalue weighted by atomic mass is 9.75. The van der Waals surface area contributed by atoms with E-state index >= 15 is 0 Å². The molecule has 2 aromatic rings. The molecule has 1 atom stereocenters. The molecule has 1 amide bonds. The van der Waals surface area contributed by atoms with E-state index in [1.807, 2.05) is 43.6 Å². The van der Waals surface area contributed by atoms with Crippen LogP contribution in [0.2, 0.25) is 0 Å². The number of nitrogens with one attached hydrogen (secondary N) is 1. The third-order valence-electron chi connectivity index (χ3n) is 5.27. The molecule has 25 heavy (non-hydrogen) atoms. The topological polar surface area (TPSA) is 73.9 Å². The quantitative estimate of drug-likeness (QED) is 0.926. The van der Waals surface area contributed by atoms with Gasteiger partial charge in [0.05, 0.1) is 17.7 Å². The van der Waals surface area contributed by atoms with Crippen molar-refractivity contribution in [3.05, 3.63) is 47.7 Å². The van der Waals surface area contributed by atoms with E-state index < -0.39 is 0 Å². The molecule has 1 aliphatic carbocycles. The van der Waals surface area contributed by atoms with Crippen molar-refractivity contribution in [2.24, 2.45) is 7.05 Å². The number of hydrogen-bond donors (Lipinski definition) is 1. The zero-order valence-electron chi connectivity index (χ0n) is 14.2. The molecule has 2 heterocycles. The minimum Gasteiger partial charge on any atom is -0.303 e. The van der Waals surface area contributed by atoms with Crippen LogP contribution in [0.1, 0.15) is 36.3 Å². The number of aromatic nitrogens is 2. The van der Waals surface area contributed by atoms with E-state index in [1.165, 1.54) is 5.56 Å². The summed E-state index contributed by atoms with van der Waals surface area (Å²) < 4.78 is 1.72. The van der Waals surface area contributed by atoms with Gasteiger partial charge in [0.1, 0.15) is 0 Å². The van der Waals surface area contributed by atoms with Crippen LogP contribution in [-0.4, -0.2) is 34.3 Å². The molecule has 0 radical (unpaired) electrons. The predicted octanol–water partition coefficient (Wildman–Crippen LogP) is 1.93. The number of benzene rings is 1. The Bertz CT molecular complexity index is 813. The van der Waals surface area contributed by atoms with Crippen molar-refractivity contribution in [1.29, 1.82) is 5.26 Å². The fraction of sp³-hybridized carbons (Fsp3) is 0.421. The number of aryl methyl sites for hydroxylation is 1. The van der Waals surface area contributed by atoms with Crippen molar-refractivity contribution in [1.82, 2.24) is 15.1 Å². The molecule has 6 heteroatoms. The van der Waals surface area contributed by atoms with Gasteiger partial charge in [-0.05, 0) is 42.9 Å². The van der Waals surface area contributed by atoms with Gasteiger partial charge in [0.25, 0.3) is 0 Å². The van der Waals surface area contributed by atoms with E-state index in [1.54, 1.807) is 9.58 Å². The zero-order chi connectivity index (χ0) is 17.4. The van der Waals surface area contributed by atoms with Crippen molar-refractivity contribution in [2.75, 3.05) is 11.4 Å². The highest BCUT2D eigenvalue weighted by Gasteiger charge is 2.38. The van der Waals surface area contributed by atoms with Gasteiger partial charge in [0.15, 0.2) is 5.82 Å². The number of carbonyl (C=O) groups excluding carboxylic acids is 1. The number of nitriles is 1. The van der Waals surface area contributed by atoms with E-state index in [0.29, 0.717) is 17.5 Å². The Morgan fingerprint density at radius 1 is 1.24 bits per heavy atom. The Kier molecular flexibility index (Phi) is 4.02. The molecule has 2 fully saturated rings. The lowest BCUT2D eigenvalue weighted by molar-refractivity contribution is -0.119. The Morgan fingerprint density at radius 3 is 2.64 bits per heavy atom. The average molecular weight is 335 g/mol. The molecule has 2 aliphatic rings. The van der Waals surface area contributed by atoms with Crippen molar-refractivity contribution < 1.29 is 4.79 Å². The van der Waals surface area contributed by atoms with E-state index in [4.69, 9.17) is 5.26 Å². The van der Waals surface area contributed by atoms with Gasteiger partial charge in [-0.25, -0.2) is 0 Å². The van der Waals surface area contributed by atoms with Crippen LogP contribution in [0, 0.1) is 11.3 Å². The molecule has 1 aromatic heterocycles. The predicted molar refractivity (Wildman–Crippen MR) is 94.0 cm³/mol. The number of nitrogens with zero attached hydrogens (tertiary/aromatic N) is 4. The molecule has 0 bridgehead atoms. The number of hydrogen-bond acceptors (Lipinski definition) is 4. The Balaban J connectivity index is 1.31. The summed E-state index contributed by atoms with van der Waals surface area (Å²) in [4.78, 5) is 14.4. The van der Waals surface area contributed by atoms with Crippen LogP contribution >= 0.6 is 0 Å². The largest absolute Gasteiger partial charge is 0.303 e. The molecule has 4 rings (SSSR count). The molecule has 1 saturated heterocycles. The SMILES string of the molecule is Cn1ccc(N2CCC(NC3CC(c4ccc(C#N)cc4)C3)C2=O)n1. The summed E-state index contributed by atoms with van der Waals surface area (Å²) in [6.07, 6.45) is 4.77. The van der Waals surface area contributed by atoms with E-state index in [0.717, 1.165) is 31.6 Å². The van der Waals surface area contributed by atoms with Crippen LogP contribution in [0.15, 0.2) is 36.5 Å². The molecule has 1 N–H and O–H groups in total. The maximum atomic E-state index is 12.6. The first-order valence-corrected chi connectivity index (χ1v) is 8.71. The van der Waals surface area contributed by atoms with Crippen LogP contribution in [0.5, 0.6) is 0 Å². The fourth-order valence-electron chi connectivity index (χ4n) is 3.75. The lowest BCUT2D eigenvalue weighted by Crippen LogP contribution is -2.48. The molecule has 1 saturated carbocycles. The summed E-state index contributed by atoms with van der Waals surface area (Å²) in [5.41, 5.74) is 1.98. The van der Waals surface area contributed by atoms with E-state index in [-0.39, 0.29) is 11.9 Å². The summed E-state index contributed by atoms with van der Waals surface area (Å²) in [6.45, 7) is 0.722. The number of anilines is 1. The Hall–Kier alpha value is -2.65. The summed E-state index contributed by atoms with van der Waals surface area (Å²) in [5, 5.41) is 16.7. The second-order valence-corrected chi connectivity index (χ2v) is 6.94. The standard InChI is InChI=1S/C19H21N5O/c1-23-8-7-18(22-23)24-9-6-17(19(24)25)21-16-10-15(11-16)14-4-2-13(12-20)3-5-14/h2-5,7-8,15-17,21H,6,9-11H2,1H3. The van der Waals surface area contributed by atoms with Gasteiger partial charge in [-0.1, -0.05) is 12.1 Å². The van der Waals surface area contributed by atoms with Crippen molar-refractivity contribution in [3.63, 3.8) is 0 Å². The van der Waals surface area contributed by atoms with Crippen LogP contribution in [0.4, 0.5) is 5.82 Å². The molecule has 0 spiro atoms. The van der Waals surface area contributed by atoms with E-state index in [2.05, 4.69) is 16.5 Å². The van der Waals surface area contributed by atoms with Gasteiger partial charge in [-0.2, -0.15) is 10.4 Å². The summed E-state index contributed by atoms with van der Waals surface area (Å²) in [6, 6.07) is 12.2. The van der Waals surface area contributed by atoms with Crippen LogP contribution in [0.3, 0.4) is 0 Å². The first-order valence-electron chi connectivity index (χ1n) is 8.71. The highest BCUT2D eigenvalue weighted by molar-refractivity contribution is 5.98. The normalized spacial score (nSPS) is 25.7. The lowest BCUT2D eigenvalue weighted by Gasteiger charge is -2.37.